The number of sulfone groups is 1. The maximum absolute atomic E-state index is 12.2. The van der Waals surface area contributed by atoms with E-state index in [0.717, 1.165) is 11.0 Å². The van der Waals surface area contributed by atoms with Gasteiger partial charge in [0.25, 0.3) is 0 Å². The monoisotopic (exact) mass is 349 g/mol. The Morgan fingerprint density at radius 1 is 1.00 bits per heavy atom. The summed E-state index contributed by atoms with van der Waals surface area (Å²) >= 11 is 0. The molecule has 3 rings (SSSR count). The molecule has 0 radical (unpaired) electrons. The first-order valence-electron chi connectivity index (χ1n) is 6.94. The van der Waals surface area contributed by atoms with E-state index in [4.69, 9.17) is 0 Å². The van der Waals surface area contributed by atoms with Gasteiger partial charge in [0.15, 0.2) is 9.84 Å². The number of benzene rings is 2. The molecule has 0 bridgehead atoms. The van der Waals surface area contributed by atoms with E-state index in [-0.39, 0.29) is 10.6 Å². The highest BCUT2D eigenvalue weighted by molar-refractivity contribution is 7.93. The Labute approximate surface area is 135 Å². The predicted molar refractivity (Wildman–Crippen MR) is 88.8 cm³/mol. The Morgan fingerprint density at radius 3 is 2.39 bits per heavy atom. The zero-order valence-corrected chi connectivity index (χ0v) is 13.7. The van der Waals surface area contributed by atoms with E-state index < -0.39 is 25.9 Å². The maximum atomic E-state index is 12.2. The lowest BCUT2D eigenvalue weighted by Gasteiger charge is -2.10. The molecule has 120 valence electrons. The van der Waals surface area contributed by atoms with E-state index in [0.29, 0.717) is 5.56 Å². The van der Waals surface area contributed by atoms with Gasteiger partial charge in [-0.3, -0.25) is 0 Å². The highest BCUT2D eigenvalue weighted by Crippen LogP contribution is 2.33. The van der Waals surface area contributed by atoms with Crippen LogP contribution in [0.25, 0.3) is 6.08 Å². The summed E-state index contributed by atoms with van der Waals surface area (Å²) in [7, 11) is -7.20. The van der Waals surface area contributed by atoms with Gasteiger partial charge in [0.2, 0.25) is 10.0 Å². The van der Waals surface area contributed by atoms with Gasteiger partial charge in [0.05, 0.1) is 16.7 Å². The molecule has 0 aromatic heterocycles. The average Bonchev–Trinajstić information content (AvgIpc) is 2.77. The second-order valence-corrected chi connectivity index (χ2v) is 8.85. The highest BCUT2D eigenvalue weighted by atomic mass is 32.2. The first-order chi connectivity index (χ1) is 10.9. The quantitative estimate of drug-likeness (QED) is 0.917. The van der Waals surface area contributed by atoms with E-state index in [1.165, 1.54) is 12.1 Å². The number of sulfonamides is 1. The Balaban J connectivity index is 1.84. The summed E-state index contributed by atoms with van der Waals surface area (Å²) in [6.45, 7) is 0. The van der Waals surface area contributed by atoms with Crippen molar-refractivity contribution in [3.8, 4) is 0 Å². The van der Waals surface area contributed by atoms with Gasteiger partial charge in [0.1, 0.15) is 0 Å². The van der Waals surface area contributed by atoms with Crippen molar-refractivity contribution in [3.05, 3.63) is 71.1 Å². The summed E-state index contributed by atoms with van der Waals surface area (Å²) in [4.78, 5) is 0.194. The largest absolute Gasteiger partial charge is 0.234 e. The second kappa shape index (κ2) is 5.92. The molecular formula is C16H15NO4S2. The molecular weight excluding hydrogens is 334 g/mol. The molecule has 0 saturated carbocycles. The molecule has 7 heteroatoms. The fraction of sp³-hybridized carbons (Fsp3) is 0.125. The molecule has 1 N–H and O–H groups in total. The smallest absolute Gasteiger partial charge is 0.224 e. The van der Waals surface area contributed by atoms with E-state index in [1.807, 2.05) is 6.07 Å². The standard InChI is InChI=1S/C16H15NO4S2/c18-22(19)12-15(14-8-4-5-9-16(14)22)17-23(20,21)11-10-13-6-2-1-3-7-13/h1-11,15,17H,12H2/b11-10+/t15-/m0/s1. The Hall–Kier alpha value is -1.96. The highest BCUT2D eigenvalue weighted by Gasteiger charge is 2.35. The van der Waals surface area contributed by atoms with Crippen LogP contribution >= 0.6 is 0 Å². The zero-order valence-electron chi connectivity index (χ0n) is 12.1. The van der Waals surface area contributed by atoms with E-state index >= 15 is 0 Å². The lowest BCUT2D eigenvalue weighted by Crippen LogP contribution is -2.27. The van der Waals surface area contributed by atoms with Crippen LogP contribution in [0.15, 0.2) is 64.9 Å². The lowest BCUT2D eigenvalue weighted by molar-refractivity contribution is 0.574. The zero-order chi connectivity index (χ0) is 16.5. The predicted octanol–water partition coefficient (Wildman–Crippen LogP) is 2.11. The van der Waals surface area contributed by atoms with Crippen molar-refractivity contribution in [2.75, 3.05) is 5.75 Å². The molecule has 0 unspecified atom stereocenters. The normalized spacial score (nSPS) is 19.7. The first-order valence-corrected chi connectivity index (χ1v) is 10.1. The number of fused-ring (bicyclic) bond motifs is 1. The molecule has 0 spiro atoms. The minimum atomic E-state index is -3.75. The van der Waals surface area contributed by atoms with Gasteiger partial charge in [-0.1, -0.05) is 48.5 Å². The molecule has 1 aliphatic rings. The Morgan fingerprint density at radius 2 is 1.65 bits per heavy atom. The molecule has 1 aliphatic heterocycles. The van der Waals surface area contributed by atoms with E-state index in [1.54, 1.807) is 42.5 Å². The second-order valence-electron chi connectivity index (χ2n) is 5.25. The van der Waals surface area contributed by atoms with Crippen molar-refractivity contribution < 1.29 is 16.8 Å². The van der Waals surface area contributed by atoms with E-state index in [9.17, 15) is 16.8 Å². The van der Waals surface area contributed by atoms with Crippen molar-refractivity contribution >= 4 is 25.9 Å². The van der Waals surface area contributed by atoms with Crippen LogP contribution in [-0.2, 0) is 19.9 Å². The Bertz CT molecular complexity index is 949. The van der Waals surface area contributed by atoms with Crippen LogP contribution in [0.4, 0.5) is 0 Å². The molecule has 0 saturated heterocycles. The molecule has 2 aromatic carbocycles. The summed E-state index contributed by atoms with van der Waals surface area (Å²) in [6.07, 6.45) is 1.47. The number of nitrogens with one attached hydrogen (secondary N) is 1. The molecule has 2 aromatic rings. The third-order valence-corrected chi connectivity index (χ3v) is 6.48. The summed E-state index contributed by atoms with van der Waals surface area (Å²) in [5, 5.41) is 1.05. The molecule has 5 nitrogen and oxygen atoms in total. The van der Waals surface area contributed by atoms with Gasteiger partial charge in [-0.25, -0.2) is 21.6 Å². The maximum Gasteiger partial charge on any atom is 0.234 e. The van der Waals surface area contributed by atoms with Crippen LogP contribution in [0.5, 0.6) is 0 Å². The van der Waals surface area contributed by atoms with Gasteiger partial charge in [-0.05, 0) is 23.3 Å². The van der Waals surface area contributed by atoms with Gasteiger partial charge in [0, 0.05) is 5.41 Å². The topological polar surface area (TPSA) is 80.3 Å². The van der Waals surface area contributed by atoms with Crippen LogP contribution < -0.4 is 4.72 Å². The van der Waals surface area contributed by atoms with Crippen LogP contribution in [0.3, 0.4) is 0 Å². The average molecular weight is 349 g/mol. The summed E-state index contributed by atoms with van der Waals surface area (Å²) in [5.41, 5.74) is 1.24. The van der Waals surface area contributed by atoms with E-state index in [2.05, 4.69) is 4.72 Å². The lowest BCUT2D eigenvalue weighted by atomic mass is 10.1. The molecule has 1 heterocycles. The van der Waals surface area contributed by atoms with Crippen LogP contribution in [0.2, 0.25) is 0 Å². The molecule has 0 aliphatic carbocycles. The summed E-state index contributed by atoms with van der Waals surface area (Å²) in [5.74, 6) is -0.259. The third kappa shape index (κ3) is 3.52. The van der Waals surface area contributed by atoms with Crippen molar-refractivity contribution in [1.82, 2.24) is 4.72 Å². The van der Waals surface area contributed by atoms with Crippen LogP contribution in [0.1, 0.15) is 17.2 Å². The van der Waals surface area contributed by atoms with Gasteiger partial charge in [-0.15, -0.1) is 0 Å². The number of hydrogen-bond acceptors (Lipinski definition) is 4. The summed E-state index contributed by atoms with van der Waals surface area (Å²) in [6, 6.07) is 14.7. The molecule has 1 atom stereocenters. The number of hydrogen-bond donors (Lipinski definition) is 1. The van der Waals surface area contributed by atoms with Gasteiger partial charge < -0.3 is 0 Å². The van der Waals surface area contributed by atoms with Gasteiger partial charge in [-0.2, -0.15) is 0 Å². The fourth-order valence-corrected chi connectivity index (χ4v) is 5.38. The van der Waals surface area contributed by atoms with Crippen molar-refractivity contribution in [2.45, 2.75) is 10.9 Å². The van der Waals surface area contributed by atoms with Crippen molar-refractivity contribution in [3.63, 3.8) is 0 Å². The third-order valence-electron chi connectivity index (χ3n) is 3.56. The van der Waals surface area contributed by atoms with Crippen LogP contribution in [0, 0.1) is 0 Å². The molecule has 0 fully saturated rings. The summed E-state index contributed by atoms with van der Waals surface area (Å²) < 4.78 is 51.0. The van der Waals surface area contributed by atoms with Crippen molar-refractivity contribution in [2.24, 2.45) is 0 Å². The fourth-order valence-electron chi connectivity index (χ4n) is 2.52. The first kappa shape index (κ1) is 15.9. The van der Waals surface area contributed by atoms with Crippen molar-refractivity contribution in [1.29, 1.82) is 0 Å². The molecule has 0 amide bonds. The SMILES string of the molecule is O=S(=O)(/C=C/c1ccccc1)N[C@H]1CS(=O)(=O)c2ccccc21. The number of rotatable bonds is 4. The van der Waals surface area contributed by atoms with Crippen LogP contribution in [-0.4, -0.2) is 22.6 Å². The minimum absolute atomic E-state index is 0.194. The Kier molecular flexibility index (Phi) is 4.09. The van der Waals surface area contributed by atoms with Gasteiger partial charge >= 0.3 is 0 Å². The minimum Gasteiger partial charge on any atom is -0.224 e. The molecule has 23 heavy (non-hydrogen) atoms.